The molecular formula is C17H21N3O3. The first-order valence-corrected chi connectivity index (χ1v) is 7.88. The molecule has 0 spiro atoms. The van der Waals surface area contributed by atoms with Crippen LogP contribution in [0.2, 0.25) is 0 Å². The second-order valence-electron chi connectivity index (χ2n) is 5.46. The number of aromatic nitrogens is 1. The normalized spacial score (nSPS) is 18.7. The van der Waals surface area contributed by atoms with Crippen LogP contribution in [0.15, 0.2) is 41.1 Å². The molecule has 1 fully saturated rings. The fourth-order valence-electron chi connectivity index (χ4n) is 2.81. The summed E-state index contributed by atoms with van der Waals surface area (Å²) >= 11 is 0. The fourth-order valence-corrected chi connectivity index (χ4v) is 2.81. The average Bonchev–Trinajstić information content (AvgIpc) is 3.05. The molecule has 1 unspecified atom stereocenters. The predicted molar refractivity (Wildman–Crippen MR) is 84.9 cm³/mol. The highest BCUT2D eigenvalue weighted by Crippen LogP contribution is 2.24. The van der Waals surface area contributed by atoms with Crippen LogP contribution in [0.3, 0.4) is 0 Å². The van der Waals surface area contributed by atoms with Gasteiger partial charge >= 0.3 is 5.97 Å². The topological polar surface area (TPSA) is 67.6 Å². The Bertz CT molecular complexity index is 642. The van der Waals surface area contributed by atoms with E-state index in [0.29, 0.717) is 13.2 Å². The maximum atomic E-state index is 11.7. The number of piperazine rings is 1. The summed E-state index contributed by atoms with van der Waals surface area (Å²) in [6.45, 7) is 5.49. The molecule has 1 aliphatic rings. The summed E-state index contributed by atoms with van der Waals surface area (Å²) in [6, 6.07) is 7.80. The third-order valence-corrected chi connectivity index (χ3v) is 3.92. The molecule has 0 saturated carbocycles. The molecule has 2 aromatic rings. The first-order valence-electron chi connectivity index (χ1n) is 7.88. The van der Waals surface area contributed by atoms with Crippen molar-refractivity contribution in [3.8, 4) is 0 Å². The zero-order valence-electron chi connectivity index (χ0n) is 13.2. The number of hydrogen-bond donors (Lipinski definition) is 1. The van der Waals surface area contributed by atoms with Gasteiger partial charge in [-0.3, -0.25) is 9.88 Å². The lowest BCUT2D eigenvalue weighted by Crippen LogP contribution is -2.45. The number of nitrogens with one attached hydrogen (secondary N) is 1. The van der Waals surface area contributed by atoms with Crippen molar-refractivity contribution in [1.82, 2.24) is 15.2 Å². The molecule has 0 aliphatic carbocycles. The van der Waals surface area contributed by atoms with Crippen LogP contribution in [-0.4, -0.2) is 42.1 Å². The summed E-state index contributed by atoms with van der Waals surface area (Å²) in [7, 11) is 0. The Morgan fingerprint density at radius 2 is 2.39 bits per heavy atom. The largest absolute Gasteiger partial charge is 0.460 e. The Morgan fingerprint density at radius 1 is 1.48 bits per heavy atom. The summed E-state index contributed by atoms with van der Waals surface area (Å²) in [5.41, 5.74) is 1.18. The number of carbonyl (C=O) groups excluding carboxylic acids is 1. The highest BCUT2D eigenvalue weighted by atomic mass is 16.5. The van der Waals surface area contributed by atoms with Gasteiger partial charge in [-0.05, 0) is 30.7 Å². The van der Waals surface area contributed by atoms with Gasteiger partial charge in [-0.25, -0.2) is 4.79 Å². The molecule has 6 heteroatoms. The molecular weight excluding hydrogens is 294 g/mol. The molecule has 0 aromatic carbocycles. The van der Waals surface area contributed by atoms with Gasteiger partial charge in [0.1, 0.15) is 5.76 Å². The molecule has 23 heavy (non-hydrogen) atoms. The number of furan rings is 1. The molecule has 6 nitrogen and oxygen atoms in total. The maximum Gasteiger partial charge on any atom is 0.374 e. The predicted octanol–water partition coefficient (Wildman–Crippen LogP) is 2.00. The Hall–Kier alpha value is -2.18. The van der Waals surface area contributed by atoms with E-state index in [9.17, 15) is 4.79 Å². The number of hydrogen-bond acceptors (Lipinski definition) is 6. The Balaban J connectivity index is 1.71. The highest BCUT2D eigenvalue weighted by Gasteiger charge is 2.25. The first-order chi connectivity index (χ1) is 11.3. The lowest BCUT2D eigenvalue weighted by atomic mass is 10.1. The molecule has 0 amide bonds. The quantitative estimate of drug-likeness (QED) is 0.851. The molecule has 1 N–H and O–H groups in total. The zero-order valence-corrected chi connectivity index (χ0v) is 13.2. The third kappa shape index (κ3) is 3.78. The van der Waals surface area contributed by atoms with Gasteiger partial charge in [-0.2, -0.15) is 0 Å². The minimum Gasteiger partial charge on any atom is -0.460 e. The second-order valence-corrected chi connectivity index (χ2v) is 5.46. The van der Waals surface area contributed by atoms with Gasteiger partial charge in [0.2, 0.25) is 5.76 Å². The van der Waals surface area contributed by atoms with Crippen LogP contribution in [0.5, 0.6) is 0 Å². The zero-order chi connectivity index (χ0) is 16.1. The minimum atomic E-state index is -0.414. The average molecular weight is 315 g/mol. The van der Waals surface area contributed by atoms with E-state index in [-0.39, 0.29) is 11.8 Å². The van der Waals surface area contributed by atoms with Gasteiger partial charge in [-0.15, -0.1) is 0 Å². The summed E-state index contributed by atoms with van der Waals surface area (Å²) in [4.78, 5) is 18.2. The van der Waals surface area contributed by atoms with E-state index in [2.05, 4.69) is 21.3 Å². The van der Waals surface area contributed by atoms with E-state index >= 15 is 0 Å². The monoisotopic (exact) mass is 315 g/mol. The van der Waals surface area contributed by atoms with Crippen LogP contribution in [0.25, 0.3) is 0 Å². The van der Waals surface area contributed by atoms with Crippen molar-refractivity contribution < 1.29 is 13.9 Å². The fraction of sp³-hybridized carbons (Fsp3) is 0.412. The van der Waals surface area contributed by atoms with E-state index in [1.807, 2.05) is 18.3 Å². The van der Waals surface area contributed by atoms with Crippen LogP contribution in [0, 0.1) is 0 Å². The molecule has 122 valence electrons. The van der Waals surface area contributed by atoms with E-state index in [1.165, 1.54) is 5.56 Å². The summed E-state index contributed by atoms with van der Waals surface area (Å²) in [5, 5.41) is 3.42. The SMILES string of the molecule is CCOC(=O)c1ccc(CN2CCNCC2c2cccnc2)o1. The first kappa shape index (κ1) is 15.7. The van der Waals surface area contributed by atoms with Crippen LogP contribution in [0.1, 0.15) is 34.8 Å². The molecule has 1 atom stereocenters. The summed E-state index contributed by atoms with van der Waals surface area (Å²) in [5.74, 6) is 0.613. The number of rotatable bonds is 5. The third-order valence-electron chi connectivity index (χ3n) is 3.92. The van der Waals surface area contributed by atoms with E-state index in [1.54, 1.807) is 19.2 Å². The van der Waals surface area contributed by atoms with Crippen molar-refractivity contribution in [3.63, 3.8) is 0 Å². The van der Waals surface area contributed by atoms with Gasteiger partial charge < -0.3 is 14.5 Å². The Labute approximate surface area is 135 Å². The number of esters is 1. The van der Waals surface area contributed by atoms with E-state index in [4.69, 9.17) is 9.15 Å². The van der Waals surface area contributed by atoms with Gasteiger partial charge in [0.05, 0.1) is 13.2 Å². The lowest BCUT2D eigenvalue weighted by molar-refractivity contribution is 0.0484. The highest BCUT2D eigenvalue weighted by molar-refractivity contribution is 5.86. The molecule has 3 rings (SSSR count). The van der Waals surface area contributed by atoms with E-state index in [0.717, 1.165) is 25.4 Å². The van der Waals surface area contributed by atoms with Gasteiger partial charge in [0, 0.05) is 38.1 Å². The summed E-state index contributed by atoms with van der Waals surface area (Å²) < 4.78 is 10.6. The number of carbonyl (C=O) groups is 1. The molecule has 3 heterocycles. The second kappa shape index (κ2) is 7.39. The van der Waals surface area contributed by atoms with Gasteiger partial charge in [0.15, 0.2) is 0 Å². The Kier molecular flexibility index (Phi) is 5.05. The number of ether oxygens (including phenoxy) is 1. The standard InChI is InChI=1S/C17H21N3O3/c1-2-22-17(21)16-6-5-14(23-16)12-20-9-8-19-11-15(20)13-4-3-7-18-10-13/h3-7,10,15,19H,2,8-9,11-12H2,1H3. The van der Waals surface area contributed by atoms with Crippen molar-refractivity contribution >= 4 is 5.97 Å². The van der Waals surface area contributed by atoms with Gasteiger partial charge in [-0.1, -0.05) is 6.07 Å². The number of pyridine rings is 1. The van der Waals surface area contributed by atoms with Gasteiger partial charge in [0.25, 0.3) is 0 Å². The molecule has 1 aliphatic heterocycles. The van der Waals surface area contributed by atoms with Crippen LogP contribution >= 0.6 is 0 Å². The maximum absolute atomic E-state index is 11.7. The Morgan fingerprint density at radius 3 is 3.17 bits per heavy atom. The smallest absolute Gasteiger partial charge is 0.374 e. The van der Waals surface area contributed by atoms with Crippen LogP contribution in [-0.2, 0) is 11.3 Å². The molecule has 0 bridgehead atoms. The molecule has 2 aromatic heterocycles. The van der Waals surface area contributed by atoms with Crippen LogP contribution in [0.4, 0.5) is 0 Å². The van der Waals surface area contributed by atoms with E-state index < -0.39 is 5.97 Å². The number of nitrogens with zero attached hydrogens (tertiary/aromatic N) is 2. The van der Waals surface area contributed by atoms with Crippen molar-refractivity contribution in [2.45, 2.75) is 19.5 Å². The van der Waals surface area contributed by atoms with Crippen molar-refractivity contribution in [3.05, 3.63) is 53.7 Å². The molecule has 1 saturated heterocycles. The minimum absolute atomic E-state index is 0.244. The van der Waals surface area contributed by atoms with Crippen molar-refractivity contribution in [1.29, 1.82) is 0 Å². The molecule has 0 radical (unpaired) electrons. The van der Waals surface area contributed by atoms with Crippen molar-refractivity contribution in [2.75, 3.05) is 26.2 Å². The summed E-state index contributed by atoms with van der Waals surface area (Å²) in [6.07, 6.45) is 3.68. The van der Waals surface area contributed by atoms with Crippen LogP contribution < -0.4 is 5.32 Å². The lowest BCUT2D eigenvalue weighted by Gasteiger charge is -2.35. The van der Waals surface area contributed by atoms with Crippen molar-refractivity contribution in [2.24, 2.45) is 0 Å².